The van der Waals surface area contributed by atoms with Crippen LogP contribution in [0.3, 0.4) is 0 Å². The van der Waals surface area contributed by atoms with Gasteiger partial charge in [-0.15, -0.1) is 0 Å². The highest BCUT2D eigenvalue weighted by Crippen LogP contribution is 2.50. The molecule has 2 aliphatic heterocycles. The largest absolute Gasteiger partial charge is 0.508 e. The minimum atomic E-state index is -1.15. The lowest BCUT2D eigenvalue weighted by molar-refractivity contribution is -0.0845. The fourth-order valence-electron chi connectivity index (χ4n) is 8.84. The van der Waals surface area contributed by atoms with Crippen LogP contribution >= 0.6 is 11.6 Å². The summed E-state index contributed by atoms with van der Waals surface area (Å²) >= 11 is 6.62. The SMILES string of the molecule is COC1CC(N2CCCC3(COc4nc(N5CCOCC(C)(O)C5)c5cnc(-c6cc(O)cc7cccc(Cl)c67)c(F)c5n4)CCCC23)C1. The molecule has 2 aromatic heterocycles. The average molecular weight is 692 g/mol. The third kappa shape index (κ3) is 5.97. The summed E-state index contributed by atoms with van der Waals surface area (Å²) in [5.41, 5.74) is -0.771. The van der Waals surface area contributed by atoms with Crippen LogP contribution in [0.25, 0.3) is 32.9 Å². The fourth-order valence-corrected chi connectivity index (χ4v) is 9.12. The van der Waals surface area contributed by atoms with E-state index in [2.05, 4.69) is 9.88 Å². The highest BCUT2D eigenvalue weighted by atomic mass is 35.5. The molecule has 4 aliphatic rings. The Morgan fingerprint density at radius 2 is 1.98 bits per heavy atom. The topological polar surface area (TPSA) is 113 Å². The highest BCUT2D eigenvalue weighted by Gasteiger charge is 2.51. The van der Waals surface area contributed by atoms with Crippen LogP contribution in [0.1, 0.15) is 51.9 Å². The Hall–Kier alpha value is -3.35. The van der Waals surface area contributed by atoms with Gasteiger partial charge in [-0.25, -0.2) is 4.39 Å². The van der Waals surface area contributed by atoms with Crippen LogP contribution in [0.2, 0.25) is 5.02 Å². The molecule has 2 saturated heterocycles. The fraction of sp³-hybridized carbons (Fsp3) is 0.541. The summed E-state index contributed by atoms with van der Waals surface area (Å²) < 4.78 is 34.8. The smallest absolute Gasteiger partial charge is 0.319 e. The number of aromatic nitrogens is 3. The number of halogens is 2. The quantitative estimate of drug-likeness (QED) is 0.235. The Morgan fingerprint density at radius 3 is 2.82 bits per heavy atom. The molecule has 2 N–H and O–H groups in total. The lowest BCUT2D eigenvalue weighted by atomic mass is 9.73. The van der Waals surface area contributed by atoms with Gasteiger partial charge in [-0.2, -0.15) is 9.97 Å². The number of aliphatic hydroxyl groups is 1. The van der Waals surface area contributed by atoms with Crippen LogP contribution in [0, 0.1) is 11.2 Å². The van der Waals surface area contributed by atoms with E-state index in [1.54, 1.807) is 38.4 Å². The summed E-state index contributed by atoms with van der Waals surface area (Å²) in [6, 6.07) is 9.42. The van der Waals surface area contributed by atoms with E-state index in [4.69, 9.17) is 35.8 Å². The Kier molecular flexibility index (Phi) is 8.55. The van der Waals surface area contributed by atoms with Crippen molar-refractivity contribution in [3.8, 4) is 23.0 Å². The molecule has 2 saturated carbocycles. The highest BCUT2D eigenvalue weighted by molar-refractivity contribution is 6.36. The first-order valence-corrected chi connectivity index (χ1v) is 17.8. The van der Waals surface area contributed by atoms with Crippen molar-refractivity contribution in [3.05, 3.63) is 47.4 Å². The van der Waals surface area contributed by atoms with E-state index in [9.17, 15) is 10.2 Å². The van der Waals surface area contributed by atoms with Crippen molar-refractivity contribution >= 4 is 39.1 Å². The molecule has 49 heavy (non-hydrogen) atoms. The number of piperidine rings is 1. The number of nitrogens with zero attached hydrogens (tertiary/aromatic N) is 5. The van der Waals surface area contributed by atoms with E-state index in [0.717, 1.165) is 51.5 Å². The normalized spacial score (nSPS) is 29.2. The van der Waals surface area contributed by atoms with Crippen LogP contribution in [-0.4, -0.2) is 100 Å². The molecule has 4 aromatic rings. The lowest BCUT2D eigenvalue weighted by Crippen LogP contribution is -2.59. The maximum Gasteiger partial charge on any atom is 0.319 e. The summed E-state index contributed by atoms with van der Waals surface area (Å²) in [6.45, 7) is 4.44. The molecule has 10 nitrogen and oxygen atoms in total. The average Bonchev–Trinajstić information content (AvgIpc) is 3.41. The second-order valence-electron chi connectivity index (χ2n) is 14.7. The Labute approximate surface area is 290 Å². The number of rotatable bonds is 7. The zero-order chi connectivity index (χ0) is 33.9. The van der Waals surface area contributed by atoms with Crippen LogP contribution in [0.15, 0.2) is 36.5 Å². The predicted molar refractivity (Wildman–Crippen MR) is 186 cm³/mol. The lowest BCUT2D eigenvalue weighted by Gasteiger charge is -2.53. The van der Waals surface area contributed by atoms with E-state index in [-0.39, 0.29) is 41.5 Å². The number of β-amino-alcohol motifs (C(OH)–C–C–N with tert-alkyl or cyclic N) is 1. The third-order valence-corrected chi connectivity index (χ3v) is 11.6. The van der Waals surface area contributed by atoms with Gasteiger partial charge >= 0.3 is 6.01 Å². The molecule has 12 heteroatoms. The third-order valence-electron chi connectivity index (χ3n) is 11.3. The first-order valence-electron chi connectivity index (χ1n) is 17.4. The molecule has 2 aliphatic carbocycles. The number of fused-ring (bicyclic) bond motifs is 3. The number of hydrogen-bond donors (Lipinski definition) is 2. The molecule has 260 valence electrons. The molecule has 2 aromatic carbocycles. The summed E-state index contributed by atoms with van der Waals surface area (Å²) in [5.74, 6) is -0.278. The van der Waals surface area contributed by atoms with Crippen molar-refractivity contribution in [1.82, 2.24) is 19.9 Å². The summed E-state index contributed by atoms with van der Waals surface area (Å²) in [7, 11) is 1.80. The first kappa shape index (κ1) is 32.8. The Balaban J connectivity index is 1.20. The molecule has 0 bridgehead atoms. The molecule has 4 fully saturated rings. The van der Waals surface area contributed by atoms with E-state index in [0.29, 0.717) is 70.5 Å². The van der Waals surface area contributed by atoms with Gasteiger partial charge in [-0.05, 0) is 75.6 Å². The van der Waals surface area contributed by atoms with Crippen LogP contribution in [0.5, 0.6) is 11.8 Å². The number of pyridine rings is 1. The van der Waals surface area contributed by atoms with Crippen LogP contribution in [0.4, 0.5) is 10.2 Å². The molecule has 0 spiro atoms. The molecule has 3 atom stereocenters. The zero-order valence-corrected chi connectivity index (χ0v) is 28.8. The number of benzene rings is 2. The number of methoxy groups -OCH3 is 1. The van der Waals surface area contributed by atoms with Crippen molar-refractivity contribution in [2.24, 2.45) is 5.41 Å². The van der Waals surface area contributed by atoms with E-state index in [1.165, 1.54) is 6.07 Å². The molecular weight excluding hydrogens is 649 g/mol. The second-order valence-corrected chi connectivity index (χ2v) is 15.1. The number of phenolic OH excluding ortho intramolecular Hbond substituents is 1. The molecular formula is C37H43ClFN5O5. The number of phenols is 1. The maximum atomic E-state index is 16.9. The van der Waals surface area contributed by atoms with Gasteiger partial charge in [0.25, 0.3) is 0 Å². The number of likely N-dealkylation sites (tertiary alicyclic amines) is 1. The Bertz CT molecular complexity index is 1890. The van der Waals surface area contributed by atoms with Gasteiger partial charge in [-0.3, -0.25) is 9.88 Å². The molecule has 4 heterocycles. The zero-order valence-electron chi connectivity index (χ0n) is 28.0. The number of aromatic hydroxyl groups is 1. The van der Waals surface area contributed by atoms with Crippen LogP contribution in [-0.2, 0) is 9.47 Å². The first-order chi connectivity index (χ1) is 23.6. The summed E-state index contributed by atoms with van der Waals surface area (Å²) in [6.07, 6.45) is 9.54. The van der Waals surface area contributed by atoms with Gasteiger partial charge in [0, 0.05) is 53.3 Å². The summed E-state index contributed by atoms with van der Waals surface area (Å²) in [5, 5.41) is 23.7. The monoisotopic (exact) mass is 691 g/mol. The minimum absolute atomic E-state index is 0.00975. The van der Waals surface area contributed by atoms with Gasteiger partial charge < -0.3 is 29.3 Å². The molecule has 0 radical (unpaired) electrons. The summed E-state index contributed by atoms with van der Waals surface area (Å²) in [4.78, 5) is 18.7. The van der Waals surface area contributed by atoms with Gasteiger partial charge in [0.15, 0.2) is 5.82 Å². The maximum absolute atomic E-state index is 16.9. The van der Waals surface area contributed by atoms with Gasteiger partial charge in [-0.1, -0.05) is 30.2 Å². The van der Waals surface area contributed by atoms with Crippen molar-refractivity contribution < 1.29 is 28.8 Å². The molecule has 8 rings (SSSR count). The van der Waals surface area contributed by atoms with Crippen molar-refractivity contribution in [2.45, 2.75) is 75.7 Å². The number of hydrogen-bond acceptors (Lipinski definition) is 10. The van der Waals surface area contributed by atoms with Crippen molar-refractivity contribution in [1.29, 1.82) is 0 Å². The predicted octanol–water partition coefficient (Wildman–Crippen LogP) is 6.12. The minimum Gasteiger partial charge on any atom is -0.508 e. The van der Waals surface area contributed by atoms with Gasteiger partial charge in [0.2, 0.25) is 0 Å². The van der Waals surface area contributed by atoms with E-state index in [1.807, 2.05) is 11.0 Å². The Morgan fingerprint density at radius 1 is 1.14 bits per heavy atom. The standard InChI is InChI=1S/C37H43ClFN5O5/c1-36(46)19-43(12-13-48-20-36)34-27-18-40-32(26-17-24(45)14-22-6-3-7-28(38)30(22)26)31(39)33(27)41-35(42-34)49-21-37-9-4-8-29(37)44(11-5-10-37)23-15-25(16-23)47-2/h3,6-7,14,17-18,23,25,29,45-46H,4-5,8-13,15-16,19-21H2,1-2H3. The van der Waals surface area contributed by atoms with Gasteiger partial charge in [0.1, 0.15) is 28.4 Å². The second kappa shape index (κ2) is 12.8. The molecule has 0 amide bonds. The van der Waals surface area contributed by atoms with Crippen LogP contribution < -0.4 is 9.64 Å². The number of ether oxygens (including phenoxy) is 3. The van der Waals surface area contributed by atoms with Crippen molar-refractivity contribution in [3.63, 3.8) is 0 Å². The van der Waals surface area contributed by atoms with E-state index < -0.39 is 11.4 Å². The number of anilines is 1. The molecule has 3 unspecified atom stereocenters. The van der Waals surface area contributed by atoms with Gasteiger partial charge in [0.05, 0.1) is 37.9 Å². The van der Waals surface area contributed by atoms with Crippen molar-refractivity contribution in [2.75, 3.05) is 51.5 Å². The van der Waals surface area contributed by atoms with E-state index >= 15 is 4.39 Å².